The van der Waals surface area contributed by atoms with Gasteiger partial charge in [-0.25, -0.2) is 0 Å². The van der Waals surface area contributed by atoms with Crippen LogP contribution in [-0.2, 0) is 0 Å². The van der Waals surface area contributed by atoms with Crippen LogP contribution in [0.4, 0.5) is 0 Å². The van der Waals surface area contributed by atoms with Gasteiger partial charge in [-0.3, -0.25) is 9.80 Å². The summed E-state index contributed by atoms with van der Waals surface area (Å²) in [5.74, 6) is 0. The van der Waals surface area contributed by atoms with Gasteiger partial charge in [0.15, 0.2) is 0 Å². The van der Waals surface area contributed by atoms with Crippen LogP contribution in [0.2, 0.25) is 0 Å². The van der Waals surface area contributed by atoms with E-state index in [0.717, 1.165) is 0 Å². The Kier molecular flexibility index (Phi) is 2.27. The first-order chi connectivity index (χ1) is 8.96. The topological polar surface area (TPSA) is 8.88 Å². The quantitative estimate of drug-likeness (QED) is 0.712. The Morgan fingerprint density at radius 2 is 1.58 bits per heavy atom. The molecule has 4 fully saturated rings. The third kappa shape index (κ3) is 1.77. The first-order valence-corrected chi connectivity index (χ1v) is 7.72. The molecule has 4 aliphatic heterocycles. The molecular formula is C17H26N2+2. The van der Waals surface area contributed by atoms with Gasteiger partial charge in [0.05, 0.1) is 42.6 Å². The highest BCUT2D eigenvalue weighted by molar-refractivity contribution is 5.23. The van der Waals surface area contributed by atoms with E-state index in [0.29, 0.717) is 17.0 Å². The van der Waals surface area contributed by atoms with Crippen molar-refractivity contribution in [2.24, 2.45) is 10.8 Å². The second kappa shape index (κ2) is 3.62. The fourth-order valence-corrected chi connectivity index (χ4v) is 5.74. The predicted octanol–water partition coefficient (Wildman–Crippen LogP) is 0.207. The molecule has 0 unspecified atom stereocenters. The number of rotatable bonds is 1. The molecule has 102 valence electrons. The van der Waals surface area contributed by atoms with Crippen LogP contribution in [0.15, 0.2) is 24.3 Å². The molecule has 4 aliphatic rings. The summed E-state index contributed by atoms with van der Waals surface area (Å²) in [6.07, 6.45) is 2.15. The molecule has 0 aliphatic carbocycles. The van der Waals surface area contributed by atoms with Gasteiger partial charge >= 0.3 is 0 Å². The summed E-state index contributed by atoms with van der Waals surface area (Å²) in [5.41, 5.74) is 4.16. The second-order valence-corrected chi connectivity index (χ2v) is 8.17. The molecule has 0 spiro atoms. The Morgan fingerprint density at radius 1 is 1.00 bits per heavy atom. The Hall–Kier alpha value is -0.860. The van der Waals surface area contributed by atoms with Crippen molar-refractivity contribution in [1.82, 2.24) is 0 Å². The number of nitrogens with one attached hydrogen (secondary N) is 2. The van der Waals surface area contributed by atoms with Crippen LogP contribution >= 0.6 is 0 Å². The van der Waals surface area contributed by atoms with Crippen molar-refractivity contribution in [3.8, 4) is 0 Å². The zero-order valence-corrected chi connectivity index (χ0v) is 12.4. The minimum atomic E-state index is 0.593. The van der Waals surface area contributed by atoms with Crippen molar-refractivity contribution in [1.29, 1.82) is 0 Å². The Labute approximate surface area is 116 Å². The van der Waals surface area contributed by atoms with Gasteiger partial charge in [0.1, 0.15) is 0 Å². The van der Waals surface area contributed by atoms with Gasteiger partial charge in [0, 0.05) is 0 Å². The van der Waals surface area contributed by atoms with Gasteiger partial charge in [-0.05, 0) is 39.3 Å². The maximum Gasteiger partial charge on any atom is 0.240 e. The van der Waals surface area contributed by atoms with Crippen molar-refractivity contribution in [3.63, 3.8) is 0 Å². The molecule has 1 aromatic carbocycles. The van der Waals surface area contributed by atoms with Gasteiger partial charge in [-0.2, -0.15) is 0 Å². The SMILES string of the molecule is Cc1cccc(C2[NH+]3CC4(C)C[NH+]2CC(C)(C3)C4)c1. The van der Waals surface area contributed by atoms with Crippen LogP contribution < -0.4 is 9.80 Å². The van der Waals surface area contributed by atoms with Crippen LogP contribution in [-0.4, -0.2) is 26.2 Å². The summed E-state index contributed by atoms with van der Waals surface area (Å²) in [7, 11) is 0. The summed E-state index contributed by atoms with van der Waals surface area (Å²) in [6.45, 7) is 12.8. The molecule has 4 bridgehead atoms. The largest absolute Gasteiger partial charge is 0.281 e. The maximum absolute atomic E-state index is 2.52. The fourth-order valence-electron chi connectivity index (χ4n) is 5.74. The molecule has 19 heavy (non-hydrogen) atoms. The monoisotopic (exact) mass is 258 g/mol. The first-order valence-electron chi connectivity index (χ1n) is 7.72. The van der Waals surface area contributed by atoms with E-state index in [4.69, 9.17) is 0 Å². The Balaban J connectivity index is 1.73. The number of piperidine rings is 2. The van der Waals surface area contributed by atoms with E-state index in [9.17, 15) is 0 Å². The van der Waals surface area contributed by atoms with Gasteiger partial charge in [0.2, 0.25) is 6.17 Å². The lowest BCUT2D eigenvalue weighted by atomic mass is 9.63. The zero-order chi connectivity index (χ0) is 13.3. The summed E-state index contributed by atoms with van der Waals surface area (Å²) >= 11 is 0. The Bertz CT molecular complexity index is 486. The van der Waals surface area contributed by atoms with E-state index >= 15 is 0 Å². The summed E-state index contributed by atoms with van der Waals surface area (Å²) in [5, 5.41) is 0. The van der Waals surface area contributed by atoms with Gasteiger partial charge < -0.3 is 0 Å². The van der Waals surface area contributed by atoms with E-state index in [1.165, 1.54) is 38.2 Å². The molecule has 0 atom stereocenters. The highest BCUT2D eigenvalue weighted by Crippen LogP contribution is 2.39. The standard InChI is InChI=1S/C17H24N2/c1-13-5-4-6-14(7-13)15-18-9-16(2)8-17(3,11-18)12-19(15)10-16/h4-7,15H,8-12H2,1-3H3/p+2. The van der Waals surface area contributed by atoms with Crippen LogP contribution in [0.25, 0.3) is 0 Å². The molecule has 0 aromatic heterocycles. The highest BCUT2D eigenvalue weighted by Gasteiger charge is 2.62. The number of aryl methyl sites for hydroxylation is 1. The van der Waals surface area contributed by atoms with E-state index < -0.39 is 0 Å². The molecule has 2 heteroatoms. The summed E-state index contributed by atoms with van der Waals surface area (Å²) in [4.78, 5) is 3.68. The zero-order valence-electron chi connectivity index (χ0n) is 12.4. The van der Waals surface area contributed by atoms with E-state index in [1.54, 1.807) is 5.56 Å². The van der Waals surface area contributed by atoms with Crippen molar-refractivity contribution in [2.75, 3.05) is 26.2 Å². The van der Waals surface area contributed by atoms with Crippen LogP contribution in [0.1, 0.15) is 37.6 Å². The number of benzene rings is 1. The Morgan fingerprint density at radius 3 is 2.11 bits per heavy atom. The van der Waals surface area contributed by atoms with Crippen molar-refractivity contribution >= 4 is 0 Å². The van der Waals surface area contributed by atoms with Crippen molar-refractivity contribution in [3.05, 3.63) is 35.4 Å². The average Bonchev–Trinajstić information content (AvgIpc) is 2.24. The van der Waals surface area contributed by atoms with Gasteiger partial charge in [-0.15, -0.1) is 0 Å². The first kappa shape index (κ1) is 11.9. The van der Waals surface area contributed by atoms with Gasteiger partial charge in [-0.1, -0.05) is 17.7 Å². The summed E-state index contributed by atoms with van der Waals surface area (Å²) in [6, 6.07) is 9.22. The van der Waals surface area contributed by atoms with Crippen molar-refractivity contribution in [2.45, 2.75) is 33.4 Å². The van der Waals surface area contributed by atoms with Crippen LogP contribution in [0.3, 0.4) is 0 Å². The molecule has 1 aromatic rings. The predicted molar refractivity (Wildman–Crippen MR) is 76.1 cm³/mol. The smallest absolute Gasteiger partial charge is 0.240 e. The van der Waals surface area contributed by atoms with Crippen LogP contribution in [0.5, 0.6) is 0 Å². The highest BCUT2D eigenvalue weighted by atomic mass is 15.4. The molecule has 4 heterocycles. The third-order valence-electron chi connectivity index (χ3n) is 5.66. The van der Waals surface area contributed by atoms with Crippen LogP contribution in [0, 0.1) is 17.8 Å². The van der Waals surface area contributed by atoms with E-state index in [-0.39, 0.29) is 0 Å². The number of hydrogen-bond donors (Lipinski definition) is 2. The number of quaternary nitrogens is 2. The summed E-state index contributed by atoms with van der Waals surface area (Å²) < 4.78 is 0. The molecule has 0 radical (unpaired) electrons. The minimum Gasteiger partial charge on any atom is -0.281 e. The average molecular weight is 258 g/mol. The van der Waals surface area contributed by atoms with Gasteiger partial charge in [0.25, 0.3) is 0 Å². The maximum atomic E-state index is 2.52. The minimum absolute atomic E-state index is 0.593. The lowest BCUT2D eigenvalue weighted by Gasteiger charge is -2.60. The normalized spacial score (nSPS) is 47.6. The molecular weight excluding hydrogens is 232 g/mol. The molecule has 2 N–H and O–H groups in total. The van der Waals surface area contributed by atoms with E-state index in [1.807, 2.05) is 9.80 Å². The molecule has 4 saturated heterocycles. The molecule has 0 saturated carbocycles. The lowest BCUT2D eigenvalue weighted by molar-refractivity contribution is -1.18. The lowest BCUT2D eigenvalue weighted by Crippen LogP contribution is -3.40. The molecule has 5 rings (SSSR count). The van der Waals surface area contributed by atoms with Crippen molar-refractivity contribution < 1.29 is 9.80 Å². The number of hydrogen-bond acceptors (Lipinski definition) is 0. The van der Waals surface area contributed by atoms with E-state index in [2.05, 4.69) is 45.0 Å². The second-order valence-electron chi connectivity index (χ2n) is 8.17. The molecule has 0 amide bonds. The molecule has 2 nitrogen and oxygen atoms in total. The third-order valence-corrected chi connectivity index (χ3v) is 5.66. The fraction of sp³-hybridized carbons (Fsp3) is 0.647.